The molecule has 36 heavy (non-hydrogen) atoms. The van der Waals surface area contributed by atoms with Crippen LogP contribution in [0.5, 0.6) is 17.2 Å². The lowest BCUT2D eigenvalue weighted by molar-refractivity contribution is -0.277. The summed E-state index contributed by atoms with van der Waals surface area (Å²) in [5, 5.41) is 59.9. The van der Waals surface area contributed by atoms with Gasteiger partial charge in [0.05, 0.1) is 33.0 Å². The molecule has 1 aliphatic heterocycles. The van der Waals surface area contributed by atoms with Crippen molar-refractivity contribution in [3.05, 3.63) is 53.6 Å². The van der Waals surface area contributed by atoms with Crippen LogP contribution >= 0.6 is 0 Å². The summed E-state index contributed by atoms with van der Waals surface area (Å²) in [6.45, 7) is -1.32. The van der Waals surface area contributed by atoms with Crippen molar-refractivity contribution in [1.29, 1.82) is 0 Å². The summed E-state index contributed by atoms with van der Waals surface area (Å²) in [5.41, 5.74) is 0.385. The number of carbonyl (C=O) groups excluding carboxylic acids is 1. The second-order valence-electron chi connectivity index (χ2n) is 8.03. The largest absolute Gasteiger partial charge is 0.497 e. The molecule has 6 N–H and O–H groups in total. The summed E-state index contributed by atoms with van der Waals surface area (Å²) in [5.74, 6) is -0.140. The third-order valence-electron chi connectivity index (χ3n) is 5.71. The molecule has 2 aromatic carbocycles. The Morgan fingerprint density at radius 3 is 2.25 bits per heavy atom. The van der Waals surface area contributed by atoms with Crippen LogP contribution < -0.4 is 14.2 Å². The van der Waals surface area contributed by atoms with Crippen LogP contribution in [0.15, 0.2) is 42.5 Å². The van der Waals surface area contributed by atoms with Gasteiger partial charge in [-0.3, -0.25) is 0 Å². The summed E-state index contributed by atoms with van der Waals surface area (Å²) < 4.78 is 26.9. The third kappa shape index (κ3) is 6.05. The van der Waals surface area contributed by atoms with E-state index in [0.717, 1.165) is 0 Å². The summed E-state index contributed by atoms with van der Waals surface area (Å²) in [4.78, 5) is 12.5. The maximum Gasteiger partial charge on any atom is 0.338 e. The standard InChI is InChI=1S/C24H30O12/c1-32-14-6-3-12(4-7-14)23(31)36-22-18(11-26)35-24(21(30)20(22)29)34-16-8-5-13(9-17(16)33-2)19(28)15(27)10-25/h3-9,15,18-22,24-30H,10-11H2,1-2H3. The molecular formula is C24H30O12. The van der Waals surface area contributed by atoms with E-state index in [-0.39, 0.29) is 22.6 Å². The van der Waals surface area contributed by atoms with E-state index in [1.165, 1.54) is 44.6 Å². The lowest BCUT2D eigenvalue weighted by Crippen LogP contribution is -2.61. The summed E-state index contributed by atoms with van der Waals surface area (Å²) in [6, 6.07) is 10.1. The number of hydrogen-bond acceptors (Lipinski definition) is 12. The van der Waals surface area contributed by atoms with Gasteiger partial charge in [-0.15, -0.1) is 0 Å². The zero-order valence-corrected chi connectivity index (χ0v) is 19.6. The van der Waals surface area contributed by atoms with Crippen LogP contribution in [0.2, 0.25) is 0 Å². The van der Waals surface area contributed by atoms with Crippen molar-refractivity contribution in [3.63, 3.8) is 0 Å². The van der Waals surface area contributed by atoms with E-state index in [0.29, 0.717) is 5.75 Å². The van der Waals surface area contributed by atoms with Crippen LogP contribution in [0.1, 0.15) is 22.0 Å². The number of hydrogen-bond donors (Lipinski definition) is 6. The number of methoxy groups -OCH3 is 2. The maximum absolute atomic E-state index is 12.5. The van der Waals surface area contributed by atoms with Gasteiger partial charge in [-0.05, 0) is 42.0 Å². The van der Waals surface area contributed by atoms with Crippen LogP contribution in [-0.2, 0) is 9.47 Å². The first-order valence-corrected chi connectivity index (χ1v) is 11.0. The van der Waals surface area contributed by atoms with Gasteiger partial charge in [-0.1, -0.05) is 6.07 Å². The fraction of sp³-hybridized carbons (Fsp3) is 0.458. The number of rotatable bonds is 10. The number of ether oxygens (including phenoxy) is 5. The zero-order chi connectivity index (χ0) is 26.4. The van der Waals surface area contributed by atoms with E-state index in [1.54, 1.807) is 12.1 Å². The topological polar surface area (TPSA) is 185 Å². The van der Waals surface area contributed by atoms with Crippen molar-refractivity contribution in [2.45, 2.75) is 42.9 Å². The van der Waals surface area contributed by atoms with Gasteiger partial charge in [0.1, 0.15) is 36.3 Å². The summed E-state index contributed by atoms with van der Waals surface area (Å²) >= 11 is 0. The number of aliphatic hydroxyl groups is 6. The third-order valence-corrected chi connectivity index (χ3v) is 5.71. The highest BCUT2D eigenvalue weighted by Crippen LogP contribution is 2.34. The second-order valence-corrected chi connectivity index (χ2v) is 8.03. The first-order chi connectivity index (χ1) is 17.2. The van der Waals surface area contributed by atoms with Crippen LogP contribution in [0, 0.1) is 0 Å². The highest BCUT2D eigenvalue weighted by molar-refractivity contribution is 5.89. The molecule has 1 fully saturated rings. The van der Waals surface area contributed by atoms with Crippen LogP contribution in [0.4, 0.5) is 0 Å². The molecule has 0 radical (unpaired) electrons. The quantitative estimate of drug-likeness (QED) is 0.218. The monoisotopic (exact) mass is 510 g/mol. The lowest BCUT2D eigenvalue weighted by atomic mass is 9.98. The molecule has 1 saturated heterocycles. The summed E-state index contributed by atoms with van der Waals surface area (Å²) in [7, 11) is 2.79. The van der Waals surface area contributed by atoms with Crippen molar-refractivity contribution in [2.75, 3.05) is 27.4 Å². The lowest BCUT2D eigenvalue weighted by Gasteiger charge is -2.41. The molecule has 0 saturated carbocycles. The van der Waals surface area contributed by atoms with Crippen LogP contribution in [0.3, 0.4) is 0 Å². The molecule has 1 heterocycles. The minimum absolute atomic E-state index is 0.0496. The molecule has 198 valence electrons. The zero-order valence-electron chi connectivity index (χ0n) is 19.6. The normalized spacial score (nSPS) is 25.5. The van der Waals surface area contributed by atoms with Gasteiger partial charge in [0.15, 0.2) is 17.6 Å². The van der Waals surface area contributed by atoms with Gasteiger partial charge in [0.2, 0.25) is 6.29 Å². The van der Waals surface area contributed by atoms with Crippen molar-refractivity contribution in [1.82, 2.24) is 0 Å². The van der Waals surface area contributed by atoms with E-state index >= 15 is 0 Å². The van der Waals surface area contributed by atoms with Gasteiger partial charge in [0.25, 0.3) is 0 Å². The molecule has 7 unspecified atom stereocenters. The predicted molar refractivity (Wildman–Crippen MR) is 122 cm³/mol. The first-order valence-electron chi connectivity index (χ1n) is 11.0. The fourth-order valence-corrected chi connectivity index (χ4v) is 3.63. The Morgan fingerprint density at radius 2 is 1.67 bits per heavy atom. The molecule has 3 rings (SSSR count). The smallest absolute Gasteiger partial charge is 0.338 e. The van der Waals surface area contributed by atoms with E-state index in [2.05, 4.69) is 0 Å². The van der Waals surface area contributed by atoms with E-state index < -0.39 is 62.1 Å². The Balaban J connectivity index is 1.73. The number of esters is 1. The molecular weight excluding hydrogens is 480 g/mol. The molecule has 1 aliphatic rings. The molecule has 0 aromatic heterocycles. The minimum Gasteiger partial charge on any atom is -0.497 e. The van der Waals surface area contributed by atoms with Gasteiger partial charge >= 0.3 is 5.97 Å². The average molecular weight is 510 g/mol. The highest BCUT2D eigenvalue weighted by Gasteiger charge is 2.48. The van der Waals surface area contributed by atoms with E-state index in [1.807, 2.05) is 0 Å². The number of carbonyl (C=O) groups is 1. The van der Waals surface area contributed by atoms with Gasteiger partial charge in [-0.2, -0.15) is 0 Å². The van der Waals surface area contributed by atoms with Crippen molar-refractivity contribution in [3.8, 4) is 17.2 Å². The van der Waals surface area contributed by atoms with E-state index in [9.17, 15) is 30.3 Å². The fourth-order valence-electron chi connectivity index (χ4n) is 3.63. The van der Waals surface area contributed by atoms with Crippen LogP contribution in [-0.4, -0.2) is 101 Å². The predicted octanol–water partition coefficient (Wildman–Crippen LogP) is -0.866. The minimum atomic E-state index is -1.69. The SMILES string of the molecule is COc1ccc(C(=O)OC2C(CO)OC(Oc3ccc(C(O)C(O)CO)cc3OC)C(O)C2O)cc1. The van der Waals surface area contributed by atoms with Gasteiger partial charge < -0.3 is 54.3 Å². The molecule has 0 amide bonds. The Labute approximate surface area is 206 Å². The molecule has 7 atom stereocenters. The number of aliphatic hydroxyl groups excluding tert-OH is 6. The first kappa shape index (κ1) is 27.6. The van der Waals surface area contributed by atoms with Gasteiger partial charge in [0, 0.05) is 0 Å². The Kier molecular flexibility index (Phi) is 9.45. The Morgan fingerprint density at radius 1 is 0.972 bits per heavy atom. The number of benzene rings is 2. The Hall–Kier alpha value is -2.97. The van der Waals surface area contributed by atoms with E-state index in [4.69, 9.17) is 28.8 Å². The molecule has 0 bridgehead atoms. The van der Waals surface area contributed by atoms with Crippen molar-refractivity contribution in [2.24, 2.45) is 0 Å². The van der Waals surface area contributed by atoms with Crippen LogP contribution in [0.25, 0.3) is 0 Å². The molecule has 12 heteroatoms. The molecule has 12 nitrogen and oxygen atoms in total. The molecule has 2 aromatic rings. The van der Waals surface area contributed by atoms with Crippen molar-refractivity contribution < 1.29 is 59.1 Å². The maximum atomic E-state index is 12.5. The molecule has 0 aliphatic carbocycles. The highest BCUT2D eigenvalue weighted by atomic mass is 16.7. The average Bonchev–Trinajstić information content (AvgIpc) is 2.91. The Bertz CT molecular complexity index is 995. The second kappa shape index (κ2) is 12.3. The van der Waals surface area contributed by atoms with Gasteiger partial charge in [-0.25, -0.2) is 4.79 Å². The molecule has 0 spiro atoms. The summed E-state index contributed by atoms with van der Waals surface area (Å²) in [6.07, 6.45) is -10.3. The van der Waals surface area contributed by atoms with Crippen molar-refractivity contribution >= 4 is 5.97 Å².